The van der Waals surface area contributed by atoms with E-state index in [0.717, 1.165) is 10.9 Å². The molecule has 1 amide bonds. The van der Waals surface area contributed by atoms with Crippen molar-refractivity contribution >= 4 is 26.8 Å². The van der Waals surface area contributed by atoms with E-state index in [1.54, 1.807) is 35.4 Å². The summed E-state index contributed by atoms with van der Waals surface area (Å²) >= 11 is 0. The Balaban J connectivity index is 1.55. The molecule has 0 saturated carbocycles. The normalized spacial score (nSPS) is 15.7. The molecule has 0 radical (unpaired) electrons. The van der Waals surface area contributed by atoms with Crippen molar-refractivity contribution in [3.05, 3.63) is 71.9 Å². The van der Waals surface area contributed by atoms with Crippen molar-refractivity contribution in [2.75, 3.05) is 26.2 Å². The number of aryl methyl sites for hydroxylation is 1. The first-order valence-electron chi connectivity index (χ1n) is 9.17. The molecule has 3 aromatic rings. The molecule has 28 heavy (non-hydrogen) atoms. The number of carbonyl (C=O) groups excluding carboxylic acids is 1. The summed E-state index contributed by atoms with van der Waals surface area (Å²) in [5.41, 5.74) is 2.08. The molecule has 0 aliphatic carbocycles. The van der Waals surface area contributed by atoms with E-state index in [4.69, 9.17) is 0 Å². The number of carbonyl (C=O) groups is 1. The highest BCUT2D eigenvalue weighted by Crippen LogP contribution is 2.25. The lowest BCUT2D eigenvalue weighted by molar-refractivity contribution is 0.0698. The maximum Gasteiger partial charge on any atom is 0.253 e. The number of fused-ring (bicyclic) bond motifs is 1. The number of rotatable bonds is 3. The first-order valence-corrected chi connectivity index (χ1v) is 10.6. The molecule has 1 aliphatic rings. The van der Waals surface area contributed by atoms with E-state index in [9.17, 15) is 13.2 Å². The fraction of sp³-hybridized carbons (Fsp3) is 0.238. The fourth-order valence-corrected chi connectivity index (χ4v) is 5.07. The smallest absolute Gasteiger partial charge is 0.253 e. The van der Waals surface area contributed by atoms with Gasteiger partial charge in [-0.05, 0) is 36.8 Å². The van der Waals surface area contributed by atoms with E-state index in [2.05, 4.69) is 4.98 Å². The number of aromatic nitrogens is 1. The maximum absolute atomic E-state index is 13.2. The van der Waals surface area contributed by atoms with Gasteiger partial charge in [-0.1, -0.05) is 30.3 Å². The summed E-state index contributed by atoms with van der Waals surface area (Å²) in [5.74, 6) is -0.0695. The molecular weight excluding hydrogens is 374 g/mol. The van der Waals surface area contributed by atoms with Gasteiger partial charge in [0.05, 0.1) is 5.52 Å². The van der Waals surface area contributed by atoms with Gasteiger partial charge in [-0.2, -0.15) is 4.31 Å². The van der Waals surface area contributed by atoms with Crippen LogP contribution in [0.5, 0.6) is 0 Å². The van der Waals surface area contributed by atoms with E-state index in [1.807, 2.05) is 37.3 Å². The quantitative estimate of drug-likeness (QED) is 0.684. The maximum atomic E-state index is 13.2. The number of para-hydroxylation sites is 1. The third-order valence-corrected chi connectivity index (χ3v) is 6.91. The van der Waals surface area contributed by atoms with E-state index in [0.29, 0.717) is 24.2 Å². The van der Waals surface area contributed by atoms with Crippen LogP contribution in [0.25, 0.3) is 10.9 Å². The van der Waals surface area contributed by atoms with E-state index >= 15 is 0 Å². The Labute approximate surface area is 164 Å². The summed E-state index contributed by atoms with van der Waals surface area (Å²) in [6, 6.07) is 16.2. The SMILES string of the molecule is Cc1cnc2c(S(=O)(=O)N3CCN(C(=O)c4ccccc4)CC3)cccc2c1. The summed E-state index contributed by atoms with van der Waals surface area (Å²) in [7, 11) is -3.68. The minimum Gasteiger partial charge on any atom is -0.336 e. The van der Waals surface area contributed by atoms with Crippen molar-refractivity contribution in [1.82, 2.24) is 14.2 Å². The Bertz CT molecular complexity index is 1120. The molecule has 1 saturated heterocycles. The van der Waals surface area contributed by atoms with Crippen LogP contribution >= 0.6 is 0 Å². The van der Waals surface area contributed by atoms with Gasteiger partial charge in [-0.3, -0.25) is 9.78 Å². The summed E-state index contributed by atoms with van der Waals surface area (Å²) in [6.45, 7) is 3.19. The molecule has 2 heterocycles. The number of nitrogens with zero attached hydrogens (tertiary/aromatic N) is 3. The predicted octanol–water partition coefficient (Wildman–Crippen LogP) is 2.69. The average molecular weight is 395 g/mol. The summed E-state index contributed by atoms with van der Waals surface area (Å²) in [5, 5.41) is 0.805. The molecule has 1 aromatic heterocycles. The molecule has 0 spiro atoms. The highest BCUT2D eigenvalue weighted by Gasteiger charge is 2.31. The van der Waals surface area contributed by atoms with Crippen LogP contribution in [0.2, 0.25) is 0 Å². The van der Waals surface area contributed by atoms with Crippen LogP contribution in [-0.4, -0.2) is 54.7 Å². The Hall–Kier alpha value is -2.77. The average Bonchev–Trinajstić information content (AvgIpc) is 2.73. The molecule has 0 N–H and O–H groups in total. The second-order valence-electron chi connectivity index (χ2n) is 6.90. The van der Waals surface area contributed by atoms with Crippen molar-refractivity contribution in [2.45, 2.75) is 11.8 Å². The van der Waals surface area contributed by atoms with Crippen molar-refractivity contribution in [3.63, 3.8) is 0 Å². The van der Waals surface area contributed by atoms with Crippen molar-refractivity contribution in [3.8, 4) is 0 Å². The Morgan fingerprint density at radius 1 is 0.964 bits per heavy atom. The Morgan fingerprint density at radius 3 is 2.39 bits per heavy atom. The zero-order valence-electron chi connectivity index (χ0n) is 15.6. The molecule has 4 rings (SSSR count). The van der Waals surface area contributed by atoms with Gasteiger partial charge < -0.3 is 4.90 Å². The second-order valence-corrected chi connectivity index (χ2v) is 8.81. The molecule has 1 fully saturated rings. The lowest BCUT2D eigenvalue weighted by Crippen LogP contribution is -2.50. The zero-order valence-corrected chi connectivity index (χ0v) is 16.4. The molecule has 2 aromatic carbocycles. The monoisotopic (exact) mass is 395 g/mol. The van der Waals surface area contributed by atoms with Gasteiger partial charge in [0.1, 0.15) is 4.90 Å². The van der Waals surface area contributed by atoms with Gasteiger partial charge in [0, 0.05) is 43.3 Å². The zero-order chi connectivity index (χ0) is 19.7. The van der Waals surface area contributed by atoms with Crippen LogP contribution in [0.15, 0.2) is 65.7 Å². The van der Waals surface area contributed by atoms with Crippen molar-refractivity contribution < 1.29 is 13.2 Å². The van der Waals surface area contributed by atoms with E-state index < -0.39 is 10.0 Å². The molecule has 1 aliphatic heterocycles. The molecule has 0 unspecified atom stereocenters. The summed E-state index contributed by atoms with van der Waals surface area (Å²) in [4.78, 5) is 18.9. The highest BCUT2D eigenvalue weighted by atomic mass is 32.2. The minimum atomic E-state index is -3.68. The number of hydrogen-bond donors (Lipinski definition) is 0. The number of sulfonamides is 1. The standard InChI is InChI=1S/C21H21N3O3S/c1-16-14-18-8-5-9-19(20(18)22-15-16)28(26,27)24-12-10-23(11-13-24)21(25)17-6-3-2-4-7-17/h2-9,14-15H,10-13H2,1H3. The number of piperazine rings is 1. The molecule has 0 bridgehead atoms. The fourth-order valence-electron chi connectivity index (χ4n) is 3.48. The van der Waals surface area contributed by atoms with Crippen molar-refractivity contribution in [1.29, 1.82) is 0 Å². The number of pyridine rings is 1. The predicted molar refractivity (Wildman–Crippen MR) is 108 cm³/mol. The molecular formula is C21H21N3O3S. The highest BCUT2D eigenvalue weighted by molar-refractivity contribution is 7.89. The molecule has 6 nitrogen and oxygen atoms in total. The van der Waals surface area contributed by atoms with Gasteiger partial charge in [-0.15, -0.1) is 0 Å². The summed E-state index contributed by atoms with van der Waals surface area (Å²) < 4.78 is 27.9. The van der Waals surface area contributed by atoms with Crippen LogP contribution < -0.4 is 0 Å². The first-order chi connectivity index (χ1) is 13.5. The van der Waals surface area contributed by atoms with Gasteiger partial charge >= 0.3 is 0 Å². The van der Waals surface area contributed by atoms with Gasteiger partial charge in [0.2, 0.25) is 10.0 Å². The van der Waals surface area contributed by atoms with Gasteiger partial charge in [0.15, 0.2) is 0 Å². The Morgan fingerprint density at radius 2 is 1.68 bits per heavy atom. The third-order valence-electron chi connectivity index (χ3n) is 4.98. The Kier molecular flexibility index (Phi) is 4.87. The number of hydrogen-bond acceptors (Lipinski definition) is 4. The topological polar surface area (TPSA) is 70.6 Å². The van der Waals surface area contributed by atoms with Crippen LogP contribution in [-0.2, 0) is 10.0 Å². The molecule has 0 atom stereocenters. The van der Waals surface area contributed by atoms with Crippen LogP contribution in [0.1, 0.15) is 15.9 Å². The van der Waals surface area contributed by atoms with Gasteiger partial charge in [0.25, 0.3) is 5.91 Å². The van der Waals surface area contributed by atoms with Gasteiger partial charge in [-0.25, -0.2) is 8.42 Å². The van der Waals surface area contributed by atoms with E-state index in [1.165, 1.54) is 4.31 Å². The third kappa shape index (κ3) is 3.39. The number of benzene rings is 2. The largest absolute Gasteiger partial charge is 0.336 e. The lowest BCUT2D eigenvalue weighted by atomic mass is 10.2. The van der Waals surface area contributed by atoms with Crippen LogP contribution in [0.3, 0.4) is 0 Å². The molecule has 7 heteroatoms. The second kappa shape index (κ2) is 7.33. The lowest BCUT2D eigenvalue weighted by Gasteiger charge is -2.34. The van der Waals surface area contributed by atoms with Crippen LogP contribution in [0.4, 0.5) is 0 Å². The molecule has 144 valence electrons. The minimum absolute atomic E-state index is 0.0695. The van der Waals surface area contributed by atoms with E-state index in [-0.39, 0.29) is 23.9 Å². The van der Waals surface area contributed by atoms with Crippen molar-refractivity contribution in [2.24, 2.45) is 0 Å². The summed E-state index contributed by atoms with van der Waals surface area (Å²) in [6.07, 6.45) is 1.68. The number of amides is 1. The van der Waals surface area contributed by atoms with Crippen LogP contribution in [0, 0.1) is 6.92 Å². The first kappa shape index (κ1) is 18.6.